The first-order chi connectivity index (χ1) is 8.60. The Hall–Kier alpha value is -1.33. The second kappa shape index (κ2) is 5.54. The van der Waals surface area contributed by atoms with E-state index in [1.807, 2.05) is 24.7 Å². The Morgan fingerprint density at radius 1 is 1.33 bits per heavy atom. The number of nitrogens with two attached hydrogens (primary N) is 1. The van der Waals surface area contributed by atoms with Crippen LogP contribution in [-0.2, 0) is 19.3 Å². The Morgan fingerprint density at radius 3 is 2.72 bits per heavy atom. The van der Waals surface area contributed by atoms with Gasteiger partial charge in [0, 0.05) is 19.3 Å². The largest absolute Gasteiger partial charge is 0.326 e. The van der Waals surface area contributed by atoms with E-state index in [0.717, 1.165) is 21.8 Å². The summed E-state index contributed by atoms with van der Waals surface area (Å²) in [4.78, 5) is 0. The maximum Gasteiger partial charge on any atom is 0.123 e. The number of aryl methyl sites for hydroxylation is 2. The highest BCUT2D eigenvalue weighted by Crippen LogP contribution is 2.25. The van der Waals surface area contributed by atoms with E-state index >= 15 is 0 Å². The molecule has 18 heavy (non-hydrogen) atoms. The average Bonchev–Trinajstić information content (AvgIpc) is 2.65. The monoisotopic (exact) mass is 265 g/mol. The van der Waals surface area contributed by atoms with Crippen molar-refractivity contribution in [3.8, 4) is 0 Å². The summed E-state index contributed by atoms with van der Waals surface area (Å²) in [7, 11) is 1.91. The smallest absolute Gasteiger partial charge is 0.123 e. The second-order valence-corrected chi connectivity index (χ2v) is 5.15. The number of nitrogens with zero attached hydrogens (tertiary/aromatic N) is 2. The highest BCUT2D eigenvalue weighted by atomic mass is 32.2. The third-order valence-corrected chi connectivity index (χ3v) is 3.86. The van der Waals surface area contributed by atoms with Crippen molar-refractivity contribution in [1.29, 1.82) is 0 Å². The van der Waals surface area contributed by atoms with Crippen LogP contribution >= 0.6 is 11.8 Å². The predicted octanol–water partition coefficient (Wildman–Crippen LogP) is 2.62. The van der Waals surface area contributed by atoms with E-state index in [9.17, 15) is 4.39 Å². The molecule has 0 aliphatic carbocycles. The lowest BCUT2D eigenvalue weighted by Gasteiger charge is -2.07. The van der Waals surface area contributed by atoms with Gasteiger partial charge in [-0.1, -0.05) is 6.07 Å². The van der Waals surface area contributed by atoms with Crippen LogP contribution in [-0.4, -0.2) is 9.78 Å². The lowest BCUT2D eigenvalue weighted by molar-refractivity contribution is 0.625. The van der Waals surface area contributed by atoms with E-state index < -0.39 is 0 Å². The molecule has 0 aliphatic heterocycles. The topological polar surface area (TPSA) is 43.8 Å². The molecule has 0 saturated carbocycles. The van der Waals surface area contributed by atoms with E-state index in [1.165, 1.54) is 6.07 Å². The Kier molecular flexibility index (Phi) is 4.04. The SMILES string of the molecule is Cc1cc(SCc2cc(F)ccc2CN)n(C)n1. The lowest BCUT2D eigenvalue weighted by Crippen LogP contribution is -2.01. The minimum Gasteiger partial charge on any atom is -0.326 e. The summed E-state index contributed by atoms with van der Waals surface area (Å²) in [5.74, 6) is 0.479. The van der Waals surface area contributed by atoms with Gasteiger partial charge in [0.15, 0.2) is 0 Å². The number of thioether (sulfide) groups is 1. The maximum atomic E-state index is 13.2. The van der Waals surface area contributed by atoms with Gasteiger partial charge in [0.2, 0.25) is 0 Å². The van der Waals surface area contributed by atoms with Gasteiger partial charge in [0.25, 0.3) is 0 Å². The van der Waals surface area contributed by atoms with Gasteiger partial charge in [-0.15, -0.1) is 11.8 Å². The maximum absolute atomic E-state index is 13.2. The van der Waals surface area contributed by atoms with Crippen molar-refractivity contribution in [3.63, 3.8) is 0 Å². The molecule has 0 bridgehead atoms. The molecule has 0 spiro atoms. The fourth-order valence-corrected chi connectivity index (χ4v) is 2.86. The van der Waals surface area contributed by atoms with Crippen LogP contribution in [0.25, 0.3) is 0 Å². The molecule has 0 saturated heterocycles. The van der Waals surface area contributed by atoms with Crippen LogP contribution in [0.5, 0.6) is 0 Å². The van der Waals surface area contributed by atoms with Gasteiger partial charge >= 0.3 is 0 Å². The zero-order valence-electron chi connectivity index (χ0n) is 10.5. The summed E-state index contributed by atoms with van der Waals surface area (Å²) >= 11 is 1.64. The number of hydrogen-bond donors (Lipinski definition) is 1. The van der Waals surface area contributed by atoms with Crippen molar-refractivity contribution >= 4 is 11.8 Å². The normalized spacial score (nSPS) is 10.9. The number of benzene rings is 1. The number of halogens is 1. The second-order valence-electron chi connectivity index (χ2n) is 4.15. The Balaban J connectivity index is 2.14. The van der Waals surface area contributed by atoms with Crippen molar-refractivity contribution < 1.29 is 4.39 Å². The van der Waals surface area contributed by atoms with Crippen molar-refractivity contribution in [3.05, 3.63) is 46.9 Å². The molecule has 1 heterocycles. The van der Waals surface area contributed by atoms with E-state index in [2.05, 4.69) is 5.10 Å². The predicted molar refractivity (Wildman–Crippen MR) is 71.8 cm³/mol. The zero-order chi connectivity index (χ0) is 13.1. The van der Waals surface area contributed by atoms with Gasteiger partial charge in [-0.25, -0.2) is 4.39 Å². The summed E-state index contributed by atoms with van der Waals surface area (Å²) in [5.41, 5.74) is 8.57. The number of rotatable bonds is 4. The van der Waals surface area contributed by atoms with E-state index in [-0.39, 0.29) is 5.82 Å². The minimum absolute atomic E-state index is 0.219. The van der Waals surface area contributed by atoms with Crippen LogP contribution in [0.4, 0.5) is 4.39 Å². The molecule has 0 unspecified atom stereocenters. The van der Waals surface area contributed by atoms with Crippen molar-refractivity contribution in [2.75, 3.05) is 0 Å². The molecule has 2 N–H and O–H groups in total. The minimum atomic E-state index is -0.219. The van der Waals surface area contributed by atoms with Gasteiger partial charge in [-0.2, -0.15) is 5.10 Å². The van der Waals surface area contributed by atoms with E-state index in [4.69, 9.17) is 5.73 Å². The van der Waals surface area contributed by atoms with Crippen LogP contribution in [0.3, 0.4) is 0 Å². The molecule has 5 heteroatoms. The first-order valence-electron chi connectivity index (χ1n) is 5.71. The molecule has 96 valence electrons. The lowest BCUT2D eigenvalue weighted by atomic mass is 10.1. The fourth-order valence-electron chi connectivity index (χ4n) is 1.80. The summed E-state index contributed by atoms with van der Waals surface area (Å²) in [5, 5.41) is 5.35. The molecular formula is C13H16FN3S. The van der Waals surface area contributed by atoms with Crippen LogP contribution in [0.2, 0.25) is 0 Å². The molecule has 1 aromatic carbocycles. The summed E-state index contributed by atoms with van der Waals surface area (Å²) in [6.07, 6.45) is 0. The fraction of sp³-hybridized carbons (Fsp3) is 0.308. The van der Waals surface area contributed by atoms with Gasteiger partial charge in [0.1, 0.15) is 5.82 Å². The highest BCUT2D eigenvalue weighted by Gasteiger charge is 2.07. The first kappa shape index (κ1) is 13.1. The van der Waals surface area contributed by atoms with Crippen LogP contribution in [0, 0.1) is 12.7 Å². The molecule has 3 nitrogen and oxygen atoms in total. The Morgan fingerprint density at radius 2 is 2.11 bits per heavy atom. The Bertz CT molecular complexity index is 551. The van der Waals surface area contributed by atoms with Crippen LogP contribution in [0.15, 0.2) is 29.3 Å². The molecular weight excluding hydrogens is 249 g/mol. The summed E-state index contributed by atoms with van der Waals surface area (Å²) in [6.45, 7) is 2.39. The molecule has 0 amide bonds. The van der Waals surface area contributed by atoms with Gasteiger partial charge in [0.05, 0.1) is 10.7 Å². The van der Waals surface area contributed by atoms with Crippen LogP contribution in [0.1, 0.15) is 16.8 Å². The summed E-state index contributed by atoms with van der Waals surface area (Å²) < 4.78 is 15.1. The summed E-state index contributed by atoms with van der Waals surface area (Å²) in [6, 6.07) is 6.77. The molecule has 2 aromatic rings. The third-order valence-electron chi connectivity index (χ3n) is 2.72. The van der Waals surface area contributed by atoms with Crippen molar-refractivity contribution in [2.45, 2.75) is 24.2 Å². The van der Waals surface area contributed by atoms with Crippen LogP contribution < -0.4 is 5.73 Å². The number of hydrogen-bond acceptors (Lipinski definition) is 3. The quantitative estimate of drug-likeness (QED) is 0.864. The van der Waals surface area contributed by atoms with Gasteiger partial charge < -0.3 is 5.73 Å². The number of aromatic nitrogens is 2. The average molecular weight is 265 g/mol. The van der Waals surface area contributed by atoms with Gasteiger partial charge in [-0.3, -0.25) is 4.68 Å². The first-order valence-corrected chi connectivity index (χ1v) is 6.69. The molecule has 0 aliphatic rings. The van der Waals surface area contributed by atoms with E-state index in [0.29, 0.717) is 12.3 Å². The Labute approximate surface area is 110 Å². The van der Waals surface area contributed by atoms with E-state index in [1.54, 1.807) is 23.9 Å². The molecule has 0 fully saturated rings. The third kappa shape index (κ3) is 2.91. The molecule has 0 atom stereocenters. The molecule has 2 rings (SSSR count). The molecule has 0 radical (unpaired) electrons. The standard InChI is InChI=1S/C13H16FN3S/c1-9-5-13(17(2)16-9)18-8-11-6-12(14)4-3-10(11)7-15/h3-6H,7-8,15H2,1-2H3. The zero-order valence-corrected chi connectivity index (χ0v) is 11.3. The highest BCUT2D eigenvalue weighted by molar-refractivity contribution is 7.98. The van der Waals surface area contributed by atoms with Gasteiger partial charge in [-0.05, 0) is 36.2 Å². The molecule has 1 aromatic heterocycles. The van der Waals surface area contributed by atoms with Crippen molar-refractivity contribution in [2.24, 2.45) is 12.8 Å². The van der Waals surface area contributed by atoms with Crippen molar-refractivity contribution in [1.82, 2.24) is 9.78 Å².